The van der Waals surface area contributed by atoms with Crippen LogP contribution in [0, 0.1) is 11.8 Å². The van der Waals surface area contributed by atoms with Crippen LogP contribution in [0.3, 0.4) is 0 Å². The van der Waals surface area contributed by atoms with Crippen molar-refractivity contribution in [1.29, 1.82) is 0 Å². The Hall–Kier alpha value is -3.10. The highest BCUT2D eigenvalue weighted by Gasteiger charge is 2.54. The number of carbonyl (C=O) groups is 2. The van der Waals surface area contributed by atoms with E-state index in [0.29, 0.717) is 12.1 Å². The molecule has 2 saturated heterocycles. The van der Waals surface area contributed by atoms with Crippen LogP contribution in [0.1, 0.15) is 93.6 Å². The van der Waals surface area contributed by atoms with Gasteiger partial charge in [0.2, 0.25) is 0 Å². The van der Waals surface area contributed by atoms with E-state index in [4.69, 9.17) is 23.7 Å². The predicted molar refractivity (Wildman–Crippen MR) is 216 cm³/mol. The Labute approximate surface area is 334 Å². The molecule has 12 nitrogen and oxygen atoms in total. The van der Waals surface area contributed by atoms with Crippen LogP contribution >= 0.6 is 0 Å². The lowest BCUT2D eigenvalue weighted by Gasteiger charge is -2.37. The van der Waals surface area contributed by atoms with E-state index in [1.165, 1.54) is 6.92 Å². The molecule has 3 aliphatic heterocycles. The standard InChI is InChI=1S/C44H68N2O10/c1-11-36(52-10)31(6)40-41(56-40)42(45-24-33-15-17-34(18-16-33)46-25-29(4)53-30(5)26-46)44(9,51)21-12-13-27(2)39-28(3)14-19-37(54-32(7)47)43(8,50)22-20-35(48)23-38(49)55-39/h12-19,21,28-31,35-37,39-42,45,48,50-51H,11,20,22-26H2,1-10H3/b19-14+,21-12+,27-13+/t28-,29?,30?,31+,35+,36-,37-,39?,40+,41-,42?,43+,44?/m0/s1. The Kier molecular flexibility index (Phi) is 16.3. The molecule has 12 heteroatoms. The highest BCUT2D eigenvalue weighted by molar-refractivity contribution is 5.70. The minimum Gasteiger partial charge on any atom is -0.457 e. The fourth-order valence-corrected chi connectivity index (χ4v) is 8.11. The van der Waals surface area contributed by atoms with Gasteiger partial charge in [-0.1, -0.05) is 57.2 Å². The Balaban J connectivity index is 1.55. The summed E-state index contributed by atoms with van der Waals surface area (Å²) in [6, 6.07) is 8.03. The van der Waals surface area contributed by atoms with Crippen LogP contribution in [-0.4, -0.2) is 114 Å². The summed E-state index contributed by atoms with van der Waals surface area (Å²) in [4.78, 5) is 27.2. The molecule has 0 bridgehead atoms. The number of carbonyl (C=O) groups excluding carboxylic acids is 2. The van der Waals surface area contributed by atoms with Crippen molar-refractivity contribution in [3.05, 3.63) is 65.8 Å². The van der Waals surface area contributed by atoms with E-state index < -0.39 is 47.5 Å². The van der Waals surface area contributed by atoms with Crippen LogP contribution in [0.15, 0.2) is 60.2 Å². The summed E-state index contributed by atoms with van der Waals surface area (Å²) in [7, 11) is 1.72. The summed E-state index contributed by atoms with van der Waals surface area (Å²) in [5, 5.41) is 37.4. The Morgan fingerprint density at radius 2 is 1.77 bits per heavy atom. The number of aliphatic hydroxyl groups is 3. The van der Waals surface area contributed by atoms with Crippen molar-refractivity contribution < 1.29 is 48.6 Å². The van der Waals surface area contributed by atoms with Crippen LogP contribution in [-0.2, 0) is 39.8 Å². The minimum atomic E-state index is -1.46. The van der Waals surface area contributed by atoms with Gasteiger partial charge in [-0.15, -0.1) is 0 Å². The van der Waals surface area contributed by atoms with Crippen molar-refractivity contribution in [2.45, 2.75) is 161 Å². The van der Waals surface area contributed by atoms with Crippen LogP contribution in [0.5, 0.6) is 0 Å². The van der Waals surface area contributed by atoms with Crippen LogP contribution in [0.4, 0.5) is 5.69 Å². The smallest absolute Gasteiger partial charge is 0.309 e. The van der Waals surface area contributed by atoms with Gasteiger partial charge >= 0.3 is 11.9 Å². The third kappa shape index (κ3) is 12.7. The van der Waals surface area contributed by atoms with Gasteiger partial charge in [0.25, 0.3) is 0 Å². The van der Waals surface area contributed by atoms with Gasteiger partial charge < -0.3 is 49.2 Å². The molecule has 0 radical (unpaired) electrons. The normalized spacial score (nSPS) is 34.0. The number of cyclic esters (lactones) is 1. The van der Waals surface area contributed by atoms with Crippen LogP contribution in [0.2, 0.25) is 0 Å². The SMILES string of the molecule is CC[C@H](OC)[C@@H](C)[C@H]1O[C@@H]1C(NCc1ccc(N2CC(C)OC(C)C2)cc1)C(C)(O)/C=C/C=C(\C)C1OC(=O)C[C@H](O)CC[C@@](C)(O)[C@@H](OC(C)=O)/C=C/[C@@H]1C. The van der Waals surface area contributed by atoms with Crippen molar-refractivity contribution in [3.63, 3.8) is 0 Å². The number of rotatable bonds is 14. The number of benzene rings is 1. The zero-order valence-electron chi connectivity index (χ0n) is 35.1. The Bertz CT molecular complexity index is 1510. The zero-order valence-corrected chi connectivity index (χ0v) is 35.1. The van der Waals surface area contributed by atoms with E-state index >= 15 is 0 Å². The minimum absolute atomic E-state index is 0.0242. The number of ether oxygens (including phenoxy) is 5. The molecule has 5 unspecified atom stereocenters. The first-order valence-corrected chi connectivity index (χ1v) is 20.3. The fraction of sp³-hybridized carbons (Fsp3) is 0.682. The van der Waals surface area contributed by atoms with Gasteiger partial charge in [0.15, 0.2) is 0 Å². The maximum Gasteiger partial charge on any atom is 0.309 e. The first-order chi connectivity index (χ1) is 26.3. The number of esters is 2. The topological polar surface area (TPSA) is 160 Å². The molecule has 3 aliphatic rings. The van der Waals surface area contributed by atoms with Gasteiger partial charge in [-0.3, -0.25) is 9.59 Å². The number of methoxy groups -OCH3 is 1. The van der Waals surface area contributed by atoms with E-state index in [2.05, 4.69) is 62.2 Å². The maximum absolute atomic E-state index is 13.0. The van der Waals surface area contributed by atoms with Crippen molar-refractivity contribution >= 4 is 17.6 Å². The molecular weight excluding hydrogens is 716 g/mol. The van der Waals surface area contributed by atoms with E-state index in [0.717, 1.165) is 30.8 Å². The summed E-state index contributed by atoms with van der Waals surface area (Å²) in [6.07, 6.45) is 6.74. The number of epoxide rings is 1. The van der Waals surface area contributed by atoms with Crippen molar-refractivity contribution in [2.75, 3.05) is 25.1 Å². The van der Waals surface area contributed by atoms with Crippen LogP contribution in [0.25, 0.3) is 0 Å². The number of nitrogens with one attached hydrogen (secondary N) is 1. The molecule has 56 heavy (non-hydrogen) atoms. The van der Waals surface area contributed by atoms with Gasteiger partial charge in [-0.05, 0) is 83.2 Å². The monoisotopic (exact) mass is 784 g/mol. The second-order valence-corrected chi connectivity index (χ2v) is 16.7. The third-order valence-corrected chi connectivity index (χ3v) is 11.4. The summed E-state index contributed by atoms with van der Waals surface area (Å²) in [6.45, 7) is 18.9. The second kappa shape index (κ2) is 20.0. The summed E-state index contributed by atoms with van der Waals surface area (Å²) in [5.41, 5.74) is 0.105. The maximum atomic E-state index is 13.0. The molecule has 3 heterocycles. The molecule has 13 atom stereocenters. The first-order valence-electron chi connectivity index (χ1n) is 20.3. The van der Waals surface area contributed by atoms with Gasteiger partial charge in [0.1, 0.15) is 23.9 Å². The highest BCUT2D eigenvalue weighted by atomic mass is 16.6. The summed E-state index contributed by atoms with van der Waals surface area (Å²) < 4.78 is 29.3. The van der Waals surface area contributed by atoms with Gasteiger partial charge in [-0.25, -0.2) is 0 Å². The number of allylic oxidation sites excluding steroid dienone is 2. The van der Waals surface area contributed by atoms with Crippen molar-refractivity contribution in [1.82, 2.24) is 5.32 Å². The average molecular weight is 785 g/mol. The first kappa shape index (κ1) is 45.6. The predicted octanol–water partition coefficient (Wildman–Crippen LogP) is 5.17. The molecule has 0 aliphatic carbocycles. The molecule has 2 fully saturated rings. The molecule has 0 aromatic heterocycles. The van der Waals surface area contributed by atoms with E-state index in [1.807, 2.05) is 13.8 Å². The number of hydrogen-bond donors (Lipinski definition) is 4. The second-order valence-electron chi connectivity index (χ2n) is 16.7. The fourth-order valence-electron chi connectivity index (χ4n) is 8.11. The summed E-state index contributed by atoms with van der Waals surface area (Å²) in [5.74, 6) is -1.38. The molecule has 0 saturated carbocycles. The zero-order chi connectivity index (χ0) is 41.4. The number of morpholine rings is 1. The number of anilines is 1. The largest absolute Gasteiger partial charge is 0.457 e. The lowest BCUT2D eigenvalue weighted by atomic mass is 9.87. The molecule has 0 amide bonds. The molecule has 4 N–H and O–H groups in total. The average Bonchev–Trinajstić information content (AvgIpc) is 3.91. The molecule has 0 spiro atoms. The van der Waals surface area contributed by atoms with E-state index in [1.54, 1.807) is 51.3 Å². The molecule has 1 aromatic rings. The Morgan fingerprint density at radius 3 is 2.38 bits per heavy atom. The summed E-state index contributed by atoms with van der Waals surface area (Å²) >= 11 is 0. The molecular formula is C44H68N2O10. The molecule has 314 valence electrons. The quantitative estimate of drug-likeness (QED) is 0.0850. The van der Waals surface area contributed by atoms with Gasteiger partial charge in [-0.2, -0.15) is 0 Å². The van der Waals surface area contributed by atoms with Crippen molar-refractivity contribution in [3.8, 4) is 0 Å². The van der Waals surface area contributed by atoms with Gasteiger partial charge in [0, 0.05) is 51.2 Å². The third-order valence-electron chi connectivity index (χ3n) is 11.4. The number of nitrogens with zero attached hydrogens (tertiary/aromatic N) is 1. The van der Waals surface area contributed by atoms with E-state index in [9.17, 15) is 24.9 Å². The lowest BCUT2D eigenvalue weighted by Crippen LogP contribution is -2.52. The Morgan fingerprint density at radius 1 is 1.11 bits per heavy atom. The molecule has 4 rings (SSSR count). The van der Waals surface area contributed by atoms with Gasteiger partial charge in [0.05, 0.1) is 48.6 Å². The number of aliphatic hydroxyl groups excluding tert-OH is 1. The van der Waals surface area contributed by atoms with Crippen LogP contribution < -0.4 is 10.2 Å². The highest BCUT2D eigenvalue weighted by Crippen LogP contribution is 2.39. The molecule has 1 aromatic carbocycles. The number of hydrogen-bond acceptors (Lipinski definition) is 12. The van der Waals surface area contributed by atoms with Crippen molar-refractivity contribution in [2.24, 2.45) is 11.8 Å². The lowest BCUT2D eigenvalue weighted by molar-refractivity contribution is -0.157. The van der Waals surface area contributed by atoms with E-state index in [-0.39, 0.29) is 61.6 Å².